The topological polar surface area (TPSA) is 114 Å². The number of amides is 4. The Morgan fingerprint density at radius 2 is 1.07 bits per heavy atom. The predicted octanol–water partition coefficient (Wildman–Crippen LogP) is 8.07. The van der Waals surface area contributed by atoms with E-state index in [0.29, 0.717) is 64.2 Å². The van der Waals surface area contributed by atoms with Gasteiger partial charge in [-0.3, -0.25) is 19.4 Å². The number of hydrogen-bond acceptors (Lipinski definition) is 6. The van der Waals surface area contributed by atoms with E-state index in [2.05, 4.69) is 20.4 Å². The molecule has 8 rings (SSSR count). The zero-order valence-electron chi connectivity index (χ0n) is 33.4. The van der Waals surface area contributed by atoms with E-state index in [0.717, 1.165) is 68.6 Å². The number of carbonyl (C=O) groups is 3. The summed E-state index contributed by atoms with van der Waals surface area (Å²) in [6, 6.07) is 24.6. The number of nitrogens with zero attached hydrogens (tertiary/aromatic N) is 4. The zero-order chi connectivity index (χ0) is 42.3. The minimum Gasteiger partial charge on any atom is -0.398 e. The van der Waals surface area contributed by atoms with Gasteiger partial charge in [-0.25, -0.2) is 13.6 Å². The molecule has 14 heteroatoms. The average molecular weight is 857 g/mol. The number of nitrogen functional groups attached to an aromatic ring is 1. The second-order valence-corrected chi connectivity index (χ2v) is 16.6. The minimum atomic E-state index is -0.359. The van der Waals surface area contributed by atoms with E-state index in [1.807, 2.05) is 40.1 Å². The Hall–Kier alpha value is -5.27. The lowest BCUT2D eigenvalue weighted by molar-refractivity contribution is -0.130. The Kier molecular flexibility index (Phi) is 13.9. The van der Waals surface area contributed by atoms with Crippen LogP contribution in [0, 0.1) is 11.6 Å². The summed E-state index contributed by atoms with van der Waals surface area (Å²) in [5.41, 5.74) is 10.7. The highest BCUT2D eigenvalue weighted by Crippen LogP contribution is 2.33. The third-order valence-electron chi connectivity index (χ3n) is 11.8. The maximum Gasteiger partial charge on any atom is 0.318 e. The first-order valence-corrected chi connectivity index (χ1v) is 21.0. The Morgan fingerprint density at radius 3 is 1.50 bits per heavy atom. The van der Waals surface area contributed by atoms with Crippen LogP contribution in [-0.4, -0.2) is 94.8 Å². The number of likely N-dealkylation sites (tertiary alicyclic amines) is 2. The lowest BCUT2D eigenvalue weighted by Crippen LogP contribution is -2.54. The number of nitrogens with one attached hydrogen (secondary N) is 2. The molecule has 4 aliphatic heterocycles. The molecule has 0 aromatic heterocycles. The van der Waals surface area contributed by atoms with Gasteiger partial charge >= 0.3 is 6.03 Å². The van der Waals surface area contributed by atoms with Gasteiger partial charge in [-0.1, -0.05) is 59.6 Å². The van der Waals surface area contributed by atoms with Crippen LogP contribution >= 0.6 is 23.2 Å². The highest BCUT2D eigenvalue weighted by Gasteiger charge is 2.42. The quantitative estimate of drug-likeness (QED) is 0.116. The first-order valence-electron chi connectivity index (χ1n) is 20.2. The van der Waals surface area contributed by atoms with Gasteiger partial charge in [-0.05, 0) is 109 Å². The summed E-state index contributed by atoms with van der Waals surface area (Å²) in [6.45, 7) is 4.35. The summed E-state index contributed by atoms with van der Waals surface area (Å²) in [5, 5.41) is 6.29. The van der Waals surface area contributed by atoms with Gasteiger partial charge < -0.3 is 26.2 Å². The van der Waals surface area contributed by atoms with Crippen LogP contribution < -0.4 is 16.4 Å². The van der Waals surface area contributed by atoms with Crippen LogP contribution in [0.5, 0.6) is 0 Å². The number of carbonyl (C=O) groups excluding carboxylic acids is 3. The molecule has 4 aromatic rings. The lowest BCUT2D eigenvalue weighted by atomic mass is 10.1. The van der Waals surface area contributed by atoms with Gasteiger partial charge in [-0.15, -0.1) is 0 Å². The SMILES string of the molecule is CNC(=O)Nc1cc(Cl)ccc1/C=C/C(=O)N1CC2CCC(C1)N2Cc1ccc(F)cc1.Nc1cc(Cl)ccc1/C=C/C(=O)N1CC2CCC(C1)N2Cc1ccc(F)cc1. The molecular formula is C46H49Cl2F2N7O3. The van der Waals surface area contributed by atoms with Crippen LogP contribution in [0.3, 0.4) is 0 Å². The Bertz CT molecular complexity index is 2210. The largest absolute Gasteiger partial charge is 0.398 e. The average Bonchev–Trinajstić information content (AvgIpc) is 3.58. The molecule has 4 bridgehead atoms. The van der Waals surface area contributed by atoms with Crippen molar-refractivity contribution in [1.82, 2.24) is 24.9 Å². The van der Waals surface area contributed by atoms with Crippen molar-refractivity contribution in [3.8, 4) is 0 Å². The molecule has 4 amide bonds. The fraction of sp³-hybridized carbons (Fsp3) is 0.326. The van der Waals surface area contributed by atoms with Gasteiger partial charge in [0.25, 0.3) is 0 Å². The summed E-state index contributed by atoms with van der Waals surface area (Å²) >= 11 is 12.0. The van der Waals surface area contributed by atoms with Crippen LogP contribution in [0.4, 0.5) is 25.0 Å². The number of fused-ring (bicyclic) bond motifs is 4. The summed E-state index contributed by atoms with van der Waals surface area (Å²) in [4.78, 5) is 46.0. The van der Waals surface area contributed by atoms with Crippen molar-refractivity contribution in [2.45, 2.75) is 62.9 Å². The van der Waals surface area contributed by atoms with E-state index in [1.165, 1.54) is 31.3 Å². The van der Waals surface area contributed by atoms with Crippen LogP contribution in [0.25, 0.3) is 12.2 Å². The number of piperazine rings is 2. The third-order valence-corrected chi connectivity index (χ3v) is 12.3. The highest BCUT2D eigenvalue weighted by molar-refractivity contribution is 6.31. The molecule has 4 heterocycles. The minimum absolute atomic E-state index is 0.00711. The smallest absolute Gasteiger partial charge is 0.318 e. The molecule has 4 aromatic carbocycles. The van der Waals surface area contributed by atoms with Crippen LogP contribution in [0.1, 0.15) is 47.9 Å². The Labute approximate surface area is 359 Å². The van der Waals surface area contributed by atoms with Crippen molar-refractivity contribution in [2.75, 3.05) is 44.3 Å². The monoisotopic (exact) mass is 855 g/mol. The first-order chi connectivity index (χ1) is 28.9. The molecule has 0 saturated carbocycles. The van der Waals surface area contributed by atoms with Crippen LogP contribution in [0.2, 0.25) is 10.0 Å². The van der Waals surface area contributed by atoms with Gasteiger partial charge in [0, 0.05) is 98.4 Å². The molecule has 0 radical (unpaired) electrons. The van der Waals surface area contributed by atoms with Crippen molar-refractivity contribution in [3.05, 3.63) is 141 Å². The molecular weight excluding hydrogens is 807 g/mol. The number of halogens is 4. The summed E-state index contributed by atoms with van der Waals surface area (Å²) < 4.78 is 26.3. The number of nitrogens with two attached hydrogens (primary N) is 1. The van der Waals surface area contributed by atoms with E-state index < -0.39 is 0 Å². The van der Waals surface area contributed by atoms with Gasteiger partial charge in [0.15, 0.2) is 0 Å². The van der Waals surface area contributed by atoms with Gasteiger partial charge in [0.2, 0.25) is 11.8 Å². The predicted molar refractivity (Wildman–Crippen MR) is 234 cm³/mol. The van der Waals surface area contributed by atoms with E-state index >= 15 is 0 Å². The maximum atomic E-state index is 13.2. The lowest BCUT2D eigenvalue weighted by Gasteiger charge is -2.40. The summed E-state index contributed by atoms with van der Waals surface area (Å²) in [7, 11) is 1.53. The number of rotatable bonds is 9. The molecule has 314 valence electrons. The Balaban J connectivity index is 0.000000183. The molecule has 4 N–H and O–H groups in total. The third kappa shape index (κ3) is 10.7. The van der Waals surface area contributed by atoms with Gasteiger partial charge in [0.05, 0.1) is 5.69 Å². The van der Waals surface area contributed by atoms with Crippen molar-refractivity contribution in [3.63, 3.8) is 0 Å². The van der Waals surface area contributed by atoms with Gasteiger partial charge in [-0.2, -0.15) is 0 Å². The normalized spacial score (nSPS) is 21.3. The molecule has 4 unspecified atom stereocenters. The van der Waals surface area contributed by atoms with Crippen molar-refractivity contribution in [2.24, 2.45) is 0 Å². The molecule has 4 atom stereocenters. The fourth-order valence-electron chi connectivity index (χ4n) is 8.66. The number of hydrogen-bond donors (Lipinski definition) is 3. The van der Waals surface area contributed by atoms with E-state index in [-0.39, 0.29) is 29.5 Å². The van der Waals surface area contributed by atoms with Crippen molar-refractivity contribution in [1.29, 1.82) is 0 Å². The Morgan fingerprint density at radius 1 is 0.650 bits per heavy atom. The molecule has 60 heavy (non-hydrogen) atoms. The second-order valence-electron chi connectivity index (χ2n) is 15.7. The number of benzene rings is 4. The fourth-order valence-corrected chi connectivity index (χ4v) is 9.01. The first kappa shape index (κ1) is 42.8. The van der Waals surface area contributed by atoms with Crippen LogP contribution in [-0.2, 0) is 22.7 Å². The molecule has 4 saturated heterocycles. The molecule has 10 nitrogen and oxygen atoms in total. The summed E-state index contributed by atoms with van der Waals surface area (Å²) in [5.74, 6) is -0.486. The van der Waals surface area contributed by atoms with Gasteiger partial charge in [0.1, 0.15) is 11.6 Å². The molecule has 4 fully saturated rings. The standard InChI is InChI=1S/C24H26ClFN4O2.C22H23ClFN3O/c1-27-24(32)28-22-12-18(25)6-4-17(22)5-11-23(31)29-14-20-9-10-21(15-29)30(20)13-16-2-7-19(26)8-3-16;23-17-5-3-16(21(25)11-17)4-10-22(28)26-13-19-8-9-20(14-26)27(19)12-15-1-6-18(24)7-2-15/h2-8,11-12,20-21H,9-10,13-15H2,1H3,(H2,27,28,32);1-7,10-11,19-20H,8-9,12-14,25H2/b11-5+;10-4+. The summed E-state index contributed by atoms with van der Waals surface area (Å²) in [6.07, 6.45) is 10.9. The number of anilines is 2. The van der Waals surface area contributed by atoms with E-state index in [4.69, 9.17) is 28.9 Å². The maximum absolute atomic E-state index is 13.2. The molecule has 4 aliphatic rings. The van der Waals surface area contributed by atoms with E-state index in [1.54, 1.807) is 54.6 Å². The number of urea groups is 1. The second kappa shape index (κ2) is 19.4. The highest BCUT2D eigenvalue weighted by atomic mass is 35.5. The van der Waals surface area contributed by atoms with Crippen molar-refractivity contribution < 1.29 is 23.2 Å². The van der Waals surface area contributed by atoms with E-state index in [9.17, 15) is 23.2 Å². The molecule has 0 aliphatic carbocycles. The zero-order valence-corrected chi connectivity index (χ0v) is 34.9. The van der Waals surface area contributed by atoms with Crippen LogP contribution in [0.15, 0.2) is 97.1 Å². The molecule has 0 spiro atoms. The van der Waals surface area contributed by atoms with Crippen molar-refractivity contribution >= 4 is 64.6 Å².